The van der Waals surface area contributed by atoms with Crippen LogP contribution in [0.3, 0.4) is 0 Å². The first-order chi connectivity index (χ1) is 7.58. The van der Waals surface area contributed by atoms with Gasteiger partial charge in [0.2, 0.25) is 0 Å². The molecular formula is C11H16ClNO2S. The highest BCUT2D eigenvalue weighted by molar-refractivity contribution is 7.16. The predicted octanol–water partition coefficient (Wildman–Crippen LogP) is 3.09. The van der Waals surface area contributed by atoms with Crippen LogP contribution in [-0.2, 0) is 11.3 Å². The van der Waals surface area contributed by atoms with E-state index in [-0.39, 0.29) is 6.42 Å². The number of unbranched alkanes of at least 4 members (excludes halogenated alkanes) is 1. The quantitative estimate of drug-likeness (QED) is 0.767. The summed E-state index contributed by atoms with van der Waals surface area (Å²) in [6.45, 7) is 1.80. The predicted molar refractivity (Wildman–Crippen MR) is 67.1 cm³/mol. The van der Waals surface area contributed by atoms with Gasteiger partial charge in [0.1, 0.15) is 0 Å². The number of carbonyl (C=O) groups is 1. The number of thiophene rings is 1. The summed E-state index contributed by atoms with van der Waals surface area (Å²) in [5, 5.41) is 8.49. The van der Waals surface area contributed by atoms with Crippen LogP contribution in [0.4, 0.5) is 0 Å². The van der Waals surface area contributed by atoms with Crippen LogP contribution in [0.2, 0.25) is 4.34 Å². The fourth-order valence-corrected chi connectivity index (χ4v) is 2.61. The van der Waals surface area contributed by atoms with Crippen LogP contribution in [-0.4, -0.2) is 29.6 Å². The van der Waals surface area contributed by atoms with Gasteiger partial charge in [0.25, 0.3) is 0 Å². The van der Waals surface area contributed by atoms with E-state index < -0.39 is 5.97 Å². The van der Waals surface area contributed by atoms with Crippen molar-refractivity contribution in [1.82, 2.24) is 4.90 Å². The first-order valence-electron chi connectivity index (χ1n) is 5.22. The number of halogens is 1. The highest BCUT2D eigenvalue weighted by Gasteiger charge is 2.03. The molecular weight excluding hydrogens is 246 g/mol. The van der Waals surface area contributed by atoms with Crippen LogP contribution in [0.1, 0.15) is 24.1 Å². The lowest BCUT2D eigenvalue weighted by molar-refractivity contribution is -0.137. The second-order valence-electron chi connectivity index (χ2n) is 3.79. The third-order valence-corrected chi connectivity index (χ3v) is 3.45. The van der Waals surface area contributed by atoms with Gasteiger partial charge in [-0.15, -0.1) is 11.3 Å². The maximum absolute atomic E-state index is 10.3. The molecule has 0 atom stereocenters. The van der Waals surface area contributed by atoms with Gasteiger partial charge in [0, 0.05) is 17.8 Å². The number of aliphatic carboxylic acids is 1. The molecule has 0 fully saturated rings. The van der Waals surface area contributed by atoms with E-state index in [1.807, 2.05) is 19.2 Å². The summed E-state index contributed by atoms with van der Waals surface area (Å²) in [6.07, 6.45) is 1.92. The van der Waals surface area contributed by atoms with Crippen molar-refractivity contribution in [3.63, 3.8) is 0 Å². The van der Waals surface area contributed by atoms with E-state index in [0.29, 0.717) is 0 Å². The molecule has 3 nitrogen and oxygen atoms in total. The monoisotopic (exact) mass is 261 g/mol. The van der Waals surface area contributed by atoms with Gasteiger partial charge in [0.15, 0.2) is 0 Å². The zero-order valence-electron chi connectivity index (χ0n) is 9.28. The van der Waals surface area contributed by atoms with Crippen molar-refractivity contribution in [1.29, 1.82) is 0 Å². The Morgan fingerprint density at radius 3 is 2.81 bits per heavy atom. The SMILES string of the molecule is CN(CCCCC(=O)O)Cc1ccc(Cl)s1. The van der Waals surface area contributed by atoms with Crippen molar-refractivity contribution in [2.75, 3.05) is 13.6 Å². The second-order valence-corrected chi connectivity index (χ2v) is 5.59. The third-order valence-electron chi connectivity index (χ3n) is 2.24. The lowest BCUT2D eigenvalue weighted by atomic mass is 10.2. The summed E-state index contributed by atoms with van der Waals surface area (Å²) < 4.78 is 0.814. The van der Waals surface area contributed by atoms with Crippen molar-refractivity contribution in [3.8, 4) is 0 Å². The van der Waals surface area contributed by atoms with E-state index in [4.69, 9.17) is 16.7 Å². The normalized spacial score (nSPS) is 10.9. The molecule has 0 bridgehead atoms. The zero-order valence-corrected chi connectivity index (χ0v) is 10.9. The maximum atomic E-state index is 10.3. The Bertz CT molecular complexity index is 340. The van der Waals surface area contributed by atoms with Crippen molar-refractivity contribution in [3.05, 3.63) is 21.3 Å². The van der Waals surface area contributed by atoms with Gasteiger partial charge < -0.3 is 10.0 Å². The Hall–Kier alpha value is -0.580. The van der Waals surface area contributed by atoms with Gasteiger partial charge in [-0.05, 0) is 38.6 Å². The summed E-state index contributed by atoms with van der Waals surface area (Å²) in [4.78, 5) is 13.7. The van der Waals surface area contributed by atoms with Gasteiger partial charge in [-0.1, -0.05) is 11.6 Å². The fraction of sp³-hybridized carbons (Fsp3) is 0.545. The lowest BCUT2D eigenvalue weighted by Gasteiger charge is -2.14. The van der Waals surface area contributed by atoms with Crippen LogP contribution in [0, 0.1) is 0 Å². The summed E-state index contributed by atoms with van der Waals surface area (Å²) in [5.74, 6) is -0.715. The summed E-state index contributed by atoms with van der Waals surface area (Å²) in [7, 11) is 2.04. The smallest absolute Gasteiger partial charge is 0.303 e. The minimum absolute atomic E-state index is 0.263. The van der Waals surface area contributed by atoms with Crippen LogP contribution >= 0.6 is 22.9 Å². The first-order valence-corrected chi connectivity index (χ1v) is 6.42. The minimum atomic E-state index is -0.715. The summed E-state index contributed by atoms with van der Waals surface area (Å²) in [6, 6.07) is 3.93. The molecule has 0 aromatic carbocycles. The zero-order chi connectivity index (χ0) is 12.0. The van der Waals surface area contributed by atoms with Crippen LogP contribution in [0.5, 0.6) is 0 Å². The fourth-order valence-electron chi connectivity index (χ4n) is 1.44. The van der Waals surface area contributed by atoms with Crippen molar-refractivity contribution < 1.29 is 9.90 Å². The molecule has 5 heteroatoms. The van der Waals surface area contributed by atoms with Gasteiger partial charge in [-0.3, -0.25) is 4.79 Å². The molecule has 1 aromatic heterocycles. The molecule has 1 aromatic rings. The standard InChI is InChI=1S/C11H16ClNO2S/c1-13(7-3-2-4-11(14)15)8-9-5-6-10(12)16-9/h5-6H,2-4,7-8H2,1H3,(H,14,15). The average Bonchev–Trinajstić information content (AvgIpc) is 2.58. The molecule has 0 aliphatic rings. The number of carboxylic acids is 1. The number of nitrogens with zero attached hydrogens (tertiary/aromatic N) is 1. The Labute approximate surface area is 105 Å². The third kappa shape index (κ3) is 5.49. The summed E-state index contributed by atoms with van der Waals surface area (Å²) in [5.41, 5.74) is 0. The maximum Gasteiger partial charge on any atom is 0.303 e. The molecule has 90 valence electrons. The highest BCUT2D eigenvalue weighted by atomic mass is 35.5. The van der Waals surface area contributed by atoms with Gasteiger partial charge in [-0.2, -0.15) is 0 Å². The molecule has 0 spiro atoms. The second kappa shape index (κ2) is 6.89. The number of hydrogen-bond acceptors (Lipinski definition) is 3. The first kappa shape index (κ1) is 13.5. The lowest BCUT2D eigenvalue weighted by Crippen LogP contribution is -2.18. The molecule has 0 unspecified atom stereocenters. The van der Waals surface area contributed by atoms with Gasteiger partial charge in [-0.25, -0.2) is 0 Å². The van der Waals surface area contributed by atoms with Crippen molar-refractivity contribution in [2.24, 2.45) is 0 Å². The summed E-state index contributed by atoms with van der Waals surface area (Å²) >= 11 is 7.43. The Balaban J connectivity index is 2.16. The molecule has 1 heterocycles. The molecule has 1 N–H and O–H groups in total. The van der Waals surface area contributed by atoms with Crippen molar-refractivity contribution in [2.45, 2.75) is 25.8 Å². The molecule has 16 heavy (non-hydrogen) atoms. The Morgan fingerprint density at radius 2 is 2.25 bits per heavy atom. The van der Waals surface area contributed by atoms with E-state index in [1.165, 1.54) is 4.88 Å². The van der Waals surface area contributed by atoms with E-state index in [9.17, 15) is 4.79 Å². The van der Waals surface area contributed by atoms with Crippen molar-refractivity contribution >= 4 is 28.9 Å². The van der Waals surface area contributed by atoms with E-state index in [0.717, 1.165) is 30.3 Å². The minimum Gasteiger partial charge on any atom is -0.481 e. The number of hydrogen-bond donors (Lipinski definition) is 1. The molecule has 0 amide bonds. The van der Waals surface area contributed by atoms with Crippen LogP contribution in [0.25, 0.3) is 0 Å². The van der Waals surface area contributed by atoms with Crippen LogP contribution < -0.4 is 0 Å². The van der Waals surface area contributed by atoms with E-state index in [1.54, 1.807) is 11.3 Å². The molecule has 0 saturated carbocycles. The molecule has 1 rings (SSSR count). The van der Waals surface area contributed by atoms with Crippen LogP contribution in [0.15, 0.2) is 12.1 Å². The molecule has 0 aliphatic heterocycles. The van der Waals surface area contributed by atoms with E-state index in [2.05, 4.69) is 4.90 Å². The topological polar surface area (TPSA) is 40.5 Å². The number of rotatable bonds is 7. The Morgan fingerprint density at radius 1 is 1.50 bits per heavy atom. The molecule has 0 radical (unpaired) electrons. The van der Waals surface area contributed by atoms with Gasteiger partial charge in [0.05, 0.1) is 4.34 Å². The average molecular weight is 262 g/mol. The molecule has 0 aliphatic carbocycles. The highest BCUT2D eigenvalue weighted by Crippen LogP contribution is 2.22. The van der Waals surface area contributed by atoms with E-state index >= 15 is 0 Å². The molecule has 0 saturated heterocycles. The van der Waals surface area contributed by atoms with Gasteiger partial charge >= 0.3 is 5.97 Å². The largest absolute Gasteiger partial charge is 0.481 e. The number of carboxylic acid groups (broad SMARTS) is 1. The Kier molecular flexibility index (Phi) is 5.80.